The molecule has 0 unspecified atom stereocenters. The number of aromatic nitrogens is 1. The average molecular weight is 216 g/mol. The summed E-state index contributed by atoms with van der Waals surface area (Å²) in [5, 5.41) is 4.07. The third-order valence-electron chi connectivity index (χ3n) is 2.73. The monoisotopic (exact) mass is 216 g/mol. The lowest BCUT2D eigenvalue weighted by Crippen LogP contribution is -1.95. The van der Waals surface area contributed by atoms with Crippen molar-refractivity contribution in [3.8, 4) is 11.3 Å². The van der Waals surface area contributed by atoms with Crippen LogP contribution in [-0.2, 0) is 0 Å². The first-order valence-corrected chi connectivity index (χ1v) is 5.42. The summed E-state index contributed by atoms with van der Waals surface area (Å²) in [6, 6.07) is 8.11. The van der Waals surface area contributed by atoms with Gasteiger partial charge in [-0.2, -0.15) is 0 Å². The summed E-state index contributed by atoms with van der Waals surface area (Å²) in [5.41, 5.74) is 9.93. The van der Waals surface area contributed by atoms with Gasteiger partial charge in [0, 0.05) is 11.1 Å². The van der Waals surface area contributed by atoms with Gasteiger partial charge in [0.15, 0.2) is 0 Å². The van der Waals surface area contributed by atoms with Crippen LogP contribution in [0.1, 0.15) is 30.9 Å². The summed E-state index contributed by atoms with van der Waals surface area (Å²) < 4.78 is 5.09. The minimum absolute atomic E-state index is 0.306. The summed E-state index contributed by atoms with van der Waals surface area (Å²) >= 11 is 0. The Bertz CT molecular complexity index is 500. The molecule has 0 aliphatic heterocycles. The molecule has 1 heterocycles. The number of hydrogen-bond acceptors (Lipinski definition) is 3. The zero-order valence-electron chi connectivity index (χ0n) is 9.82. The van der Waals surface area contributed by atoms with Gasteiger partial charge in [0.2, 0.25) is 5.88 Å². The molecule has 2 aromatic rings. The molecule has 0 amide bonds. The van der Waals surface area contributed by atoms with Crippen molar-refractivity contribution >= 4 is 5.88 Å². The van der Waals surface area contributed by atoms with Crippen molar-refractivity contribution < 1.29 is 4.52 Å². The number of aryl methyl sites for hydroxylation is 1. The van der Waals surface area contributed by atoms with Gasteiger partial charge in [0.05, 0.1) is 0 Å². The van der Waals surface area contributed by atoms with Crippen LogP contribution in [-0.4, -0.2) is 5.16 Å². The van der Waals surface area contributed by atoms with Gasteiger partial charge >= 0.3 is 0 Å². The minimum Gasteiger partial charge on any atom is -0.367 e. The number of hydrogen-bond donors (Lipinski definition) is 1. The van der Waals surface area contributed by atoms with E-state index in [1.807, 2.05) is 18.2 Å². The lowest BCUT2D eigenvalue weighted by Gasteiger charge is -2.07. The number of anilines is 1. The fraction of sp³-hybridized carbons (Fsp3) is 0.308. The highest BCUT2D eigenvalue weighted by Crippen LogP contribution is 2.34. The molecule has 0 aliphatic rings. The van der Waals surface area contributed by atoms with Gasteiger partial charge in [-0.1, -0.05) is 43.3 Å². The van der Waals surface area contributed by atoms with Crippen LogP contribution in [0.3, 0.4) is 0 Å². The topological polar surface area (TPSA) is 52.0 Å². The Kier molecular flexibility index (Phi) is 2.69. The van der Waals surface area contributed by atoms with Crippen molar-refractivity contribution in [2.24, 2.45) is 0 Å². The molecule has 0 fully saturated rings. The Morgan fingerprint density at radius 3 is 2.56 bits per heavy atom. The van der Waals surface area contributed by atoms with Crippen LogP contribution < -0.4 is 5.73 Å². The molecule has 84 valence electrons. The molecular weight excluding hydrogens is 200 g/mol. The van der Waals surface area contributed by atoms with Gasteiger partial charge in [-0.05, 0) is 18.4 Å². The molecule has 0 spiro atoms. The molecule has 0 atom stereocenters. The summed E-state index contributed by atoms with van der Waals surface area (Å²) in [5.74, 6) is 0.731. The number of nitrogens with two attached hydrogens (primary N) is 1. The summed E-state index contributed by atoms with van der Waals surface area (Å²) in [6.45, 7) is 6.24. The predicted octanol–water partition coefficient (Wildman–Crippen LogP) is 3.36. The van der Waals surface area contributed by atoms with Crippen LogP contribution in [0.25, 0.3) is 11.3 Å². The van der Waals surface area contributed by atoms with E-state index in [1.165, 1.54) is 5.56 Å². The van der Waals surface area contributed by atoms with E-state index in [0.717, 1.165) is 16.8 Å². The summed E-state index contributed by atoms with van der Waals surface area (Å²) in [7, 11) is 0. The van der Waals surface area contributed by atoms with Crippen LogP contribution >= 0.6 is 0 Å². The molecule has 2 rings (SSSR count). The highest BCUT2D eigenvalue weighted by atomic mass is 16.5. The van der Waals surface area contributed by atoms with Gasteiger partial charge in [-0.3, -0.25) is 0 Å². The second-order valence-corrected chi connectivity index (χ2v) is 4.28. The Balaban J connectivity index is 2.61. The molecular formula is C13H16N2O. The molecule has 1 aromatic carbocycles. The molecule has 0 radical (unpaired) electrons. The van der Waals surface area contributed by atoms with Crippen LogP contribution in [0.2, 0.25) is 0 Å². The molecule has 3 nitrogen and oxygen atoms in total. The zero-order chi connectivity index (χ0) is 11.7. The first kappa shape index (κ1) is 10.7. The van der Waals surface area contributed by atoms with Crippen molar-refractivity contribution in [1.82, 2.24) is 5.16 Å². The van der Waals surface area contributed by atoms with Crippen molar-refractivity contribution in [2.45, 2.75) is 26.7 Å². The summed E-state index contributed by atoms with van der Waals surface area (Å²) in [4.78, 5) is 0. The van der Waals surface area contributed by atoms with E-state index < -0.39 is 0 Å². The Hall–Kier alpha value is -1.77. The maximum atomic E-state index is 5.80. The molecule has 0 saturated carbocycles. The van der Waals surface area contributed by atoms with Gasteiger partial charge in [0.25, 0.3) is 0 Å². The van der Waals surface area contributed by atoms with Crippen LogP contribution in [0, 0.1) is 6.92 Å². The number of benzene rings is 1. The third kappa shape index (κ3) is 1.69. The number of nitrogen functional groups attached to an aromatic ring is 1. The highest BCUT2D eigenvalue weighted by molar-refractivity contribution is 5.70. The molecule has 1 aromatic heterocycles. The number of nitrogens with zero attached hydrogens (tertiary/aromatic N) is 1. The quantitative estimate of drug-likeness (QED) is 0.837. The van der Waals surface area contributed by atoms with Crippen LogP contribution in [0.15, 0.2) is 28.8 Å². The van der Waals surface area contributed by atoms with Crippen LogP contribution in [0.5, 0.6) is 0 Å². The first-order valence-electron chi connectivity index (χ1n) is 5.42. The van der Waals surface area contributed by atoms with Crippen LogP contribution in [0.4, 0.5) is 5.88 Å². The molecule has 3 heteroatoms. The van der Waals surface area contributed by atoms with E-state index in [4.69, 9.17) is 10.3 Å². The molecule has 2 N–H and O–H groups in total. The van der Waals surface area contributed by atoms with Crippen molar-refractivity contribution in [3.63, 3.8) is 0 Å². The highest BCUT2D eigenvalue weighted by Gasteiger charge is 2.18. The van der Waals surface area contributed by atoms with Crippen molar-refractivity contribution in [1.29, 1.82) is 0 Å². The van der Waals surface area contributed by atoms with E-state index in [9.17, 15) is 0 Å². The molecule has 16 heavy (non-hydrogen) atoms. The van der Waals surface area contributed by atoms with Gasteiger partial charge in [0.1, 0.15) is 5.69 Å². The normalized spacial score (nSPS) is 11.0. The van der Waals surface area contributed by atoms with E-state index in [-0.39, 0.29) is 0 Å². The maximum Gasteiger partial charge on any atom is 0.226 e. The van der Waals surface area contributed by atoms with Gasteiger partial charge in [-0.15, -0.1) is 0 Å². The zero-order valence-corrected chi connectivity index (χ0v) is 9.82. The van der Waals surface area contributed by atoms with E-state index in [2.05, 4.69) is 32.0 Å². The van der Waals surface area contributed by atoms with E-state index in [1.54, 1.807) is 0 Å². The standard InChI is InChI=1S/C13H16N2O/c1-8(2)11-12(15-16-13(11)14)10-7-5-4-6-9(10)3/h4-8H,14H2,1-3H3. The molecule has 0 bridgehead atoms. The van der Waals surface area contributed by atoms with Crippen molar-refractivity contribution in [3.05, 3.63) is 35.4 Å². The average Bonchev–Trinajstić information content (AvgIpc) is 2.61. The smallest absolute Gasteiger partial charge is 0.226 e. The lowest BCUT2D eigenvalue weighted by atomic mass is 9.96. The Morgan fingerprint density at radius 2 is 1.94 bits per heavy atom. The Morgan fingerprint density at radius 1 is 1.25 bits per heavy atom. The number of rotatable bonds is 2. The van der Waals surface area contributed by atoms with Gasteiger partial charge < -0.3 is 10.3 Å². The third-order valence-corrected chi connectivity index (χ3v) is 2.73. The second-order valence-electron chi connectivity index (χ2n) is 4.28. The molecule has 0 aliphatic carbocycles. The van der Waals surface area contributed by atoms with E-state index >= 15 is 0 Å². The first-order chi connectivity index (χ1) is 7.61. The maximum absolute atomic E-state index is 5.80. The fourth-order valence-electron chi connectivity index (χ4n) is 1.90. The Labute approximate surface area is 95.3 Å². The minimum atomic E-state index is 0.306. The van der Waals surface area contributed by atoms with E-state index in [0.29, 0.717) is 11.8 Å². The van der Waals surface area contributed by atoms with Crippen molar-refractivity contribution in [2.75, 3.05) is 5.73 Å². The fourth-order valence-corrected chi connectivity index (χ4v) is 1.90. The molecule has 0 saturated heterocycles. The largest absolute Gasteiger partial charge is 0.367 e. The second kappa shape index (κ2) is 4.00. The SMILES string of the molecule is Cc1ccccc1-c1noc(N)c1C(C)C. The van der Waals surface area contributed by atoms with Gasteiger partial charge in [-0.25, -0.2) is 0 Å². The predicted molar refractivity (Wildman–Crippen MR) is 65.2 cm³/mol. The lowest BCUT2D eigenvalue weighted by molar-refractivity contribution is 0.438. The summed E-state index contributed by atoms with van der Waals surface area (Å²) in [6.07, 6.45) is 0.